The highest BCUT2D eigenvalue weighted by Gasteiger charge is 2.26. The quantitative estimate of drug-likeness (QED) is 0.532. The first kappa shape index (κ1) is 19.7. The van der Waals surface area contributed by atoms with Crippen LogP contribution in [0.1, 0.15) is 20.7 Å². The largest absolute Gasteiger partial charge is 0.483 e. The number of rotatable bonds is 6. The van der Waals surface area contributed by atoms with Gasteiger partial charge in [0, 0.05) is 11.8 Å². The SMILES string of the molecule is O=C(COc1ccccc1Br)Nc1cccc(Oc2ccc3c(c2)C(=O)NC3=O)c1. The van der Waals surface area contributed by atoms with Crippen LogP contribution in [0.5, 0.6) is 17.2 Å². The zero-order valence-electron chi connectivity index (χ0n) is 15.5. The lowest BCUT2D eigenvalue weighted by molar-refractivity contribution is -0.118. The average molecular weight is 467 g/mol. The fourth-order valence-corrected chi connectivity index (χ4v) is 3.29. The van der Waals surface area contributed by atoms with E-state index in [9.17, 15) is 14.4 Å². The third-order valence-corrected chi connectivity index (χ3v) is 4.91. The number of carbonyl (C=O) groups excluding carboxylic acids is 3. The second-order valence-corrected chi connectivity index (χ2v) is 7.24. The van der Waals surface area contributed by atoms with Gasteiger partial charge in [-0.05, 0) is 58.4 Å². The van der Waals surface area contributed by atoms with Gasteiger partial charge in [-0.1, -0.05) is 18.2 Å². The minimum atomic E-state index is -0.452. The predicted molar refractivity (Wildman–Crippen MR) is 113 cm³/mol. The molecule has 4 rings (SSSR count). The molecular weight excluding hydrogens is 452 g/mol. The van der Waals surface area contributed by atoms with Crippen LogP contribution in [0.2, 0.25) is 0 Å². The zero-order chi connectivity index (χ0) is 21.1. The Morgan fingerprint density at radius 2 is 1.67 bits per heavy atom. The van der Waals surface area contributed by atoms with Gasteiger partial charge in [0.05, 0.1) is 15.6 Å². The zero-order valence-corrected chi connectivity index (χ0v) is 17.1. The lowest BCUT2D eigenvalue weighted by Gasteiger charge is -2.11. The number of hydrogen-bond acceptors (Lipinski definition) is 5. The van der Waals surface area contributed by atoms with Gasteiger partial charge in [0.1, 0.15) is 17.2 Å². The maximum absolute atomic E-state index is 12.2. The van der Waals surface area contributed by atoms with E-state index in [-0.39, 0.29) is 18.1 Å². The van der Waals surface area contributed by atoms with Crippen molar-refractivity contribution >= 4 is 39.3 Å². The number of hydrogen-bond donors (Lipinski definition) is 2. The molecule has 7 nitrogen and oxygen atoms in total. The van der Waals surface area contributed by atoms with Crippen LogP contribution in [-0.2, 0) is 4.79 Å². The third kappa shape index (κ3) is 4.33. The third-order valence-electron chi connectivity index (χ3n) is 4.26. The number of nitrogens with one attached hydrogen (secondary N) is 2. The number of imide groups is 1. The van der Waals surface area contributed by atoms with Crippen molar-refractivity contribution in [3.63, 3.8) is 0 Å². The van der Waals surface area contributed by atoms with Gasteiger partial charge in [-0.25, -0.2) is 0 Å². The number of benzene rings is 3. The normalized spacial score (nSPS) is 12.2. The van der Waals surface area contributed by atoms with Gasteiger partial charge in [0.15, 0.2) is 6.61 Å². The van der Waals surface area contributed by atoms with Crippen LogP contribution in [0.25, 0.3) is 0 Å². The number of halogens is 1. The molecule has 0 bridgehead atoms. The number of amides is 3. The molecule has 0 aliphatic carbocycles. The van der Waals surface area contributed by atoms with Crippen molar-refractivity contribution < 1.29 is 23.9 Å². The van der Waals surface area contributed by atoms with Gasteiger partial charge < -0.3 is 14.8 Å². The Hall–Kier alpha value is -3.65. The molecule has 8 heteroatoms. The summed E-state index contributed by atoms with van der Waals surface area (Å²) in [6.07, 6.45) is 0. The maximum Gasteiger partial charge on any atom is 0.262 e. The van der Waals surface area contributed by atoms with Crippen molar-refractivity contribution in [2.24, 2.45) is 0 Å². The highest BCUT2D eigenvalue weighted by molar-refractivity contribution is 9.10. The molecule has 150 valence electrons. The van der Waals surface area contributed by atoms with Gasteiger partial charge in [-0.2, -0.15) is 0 Å². The summed E-state index contributed by atoms with van der Waals surface area (Å²) in [7, 11) is 0. The minimum Gasteiger partial charge on any atom is -0.483 e. The Labute approximate surface area is 180 Å². The van der Waals surface area contributed by atoms with Crippen molar-refractivity contribution in [2.75, 3.05) is 11.9 Å². The smallest absolute Gasteiger partial charge is 0.262 e. The van der Waals surface area contributed by atoms with E-state index in [0.29, 0.717) is 28.5 Å². The van der Waals surface area contributed by atoms with Gasteiger partial charge in [-0.15, -0.1) is 0 Å². The molecular formula is C22H15BrN2O5. The van der Waals surface area contributed by atoms with E-state index in [0.717, 1.165) is 4.47 Å². The summed E-state index contributed by atoms with van der Waals surface area (Å²) in [5.41, 5.74) is 1.12. The average Bonchev–Trinajstić information content (AvgIpc) is 3.01. The molecule has 1 aliphatic rings. The summed E-state index contributed by atoms with van der Waals surface area (Å²) in [5.74, 6) is 0.241. The molecule has 0 saturated heterocycles. The van der Waals surface area contributed by atoms with Crippen molar-refractivity contribution in [1.29, 1.82) is 0 Å². The molecule has 0 fully saturated rings. The van der Waals surface area contributed by atoms with Crippen LogP contribution in [0.15, 0.2) is 71.2 Å². The summed E-state index contributed by atoms with van der Waals surface area (Å²) in [5, 5.41) is 4.98. The van der Waals surface area contributed by atoms with Crippen LogP contribution < -0.4 is 20.1 Å². The Morgan fingerprint density at radius 1 is 0.900 bits per heavy atom. The summed E-state index contributed by atoms with van der Waals surface area (Å²) >= 11 is 3.36. The van der Waals surface area contributed by atoms with Crippen molar-refractivity contribution in [3.05, 3.63) is 82.3 Å². The number of anilines is 1. The first-order chi connectivity index (χ1) is 14.5. The van der Waals surface area contributed by atoms with Crippen LogP contribution in [0.3, 0.4) is 0 Å². The highest BCUT2D eigenvalue weighted by atomic mass is 79.9. The standard InChI is InChI=1S/C22H15BrN2O5/c23-18-6-1-2-7-19(18)29-12-20(26)24-13-4-3-5-14(10-13)30-15-8-9-16-17(11-15)22(28)25-21(16)27/h1-11H,12H2,(H,24,26)(H,25,27,28). The summed E-state index contributed by atoms with van der Waals surface area (Å²) in [4.78, 5) is 35.6. The van der Waals surface area contributed by atoms with E-state index in [1.165, 1.54) is 12.1 Å². The van der Waals surface area contributed by atoms with Crippen molar-refractivity contribution in [2.45, 2.75) is 0 Å². The van der Waals surface area contributed by atoms with Crippen molar-refractivity contribution in [3.8, 4) is 17.2 Å². The molecule has 3 amide bonds. The lowest BCUT2D eigenvalue weighted by Crippen LogP contribution is -2.20. The maximum atomic E-state index is 12.2. The molecule has 3 aromatic carbocycles. The molecule has 30 heavy (non-hydrogen) atoms. The summed E-state index contributed by atoms with van der Waals surface area (Å²) in [6.45, 7) is -0.151. The van der Waals surface area contributed by atoms with E-state index < -0.39 is 11.8 Å². The molecule has 0 radical (unpaired) electrons. The second-order valence-electron chi connectivity index (χ2n) is 6.39. The molecule has 0 aromatic heterocycles. The minimum absolute atomic E-state index is 0.151. The van der Waals surface area contributed by atoms with Gasteiger partial charge in [0.2, 0.25) is 0 Å². The van der Waals surface area contributed by atoms with Gasteiger partial charge in [0.25, 0.3) is 17.7 Å². The highest BCUT2D eigenvalue weighted by Crippen LogP contribution is 2.28. The molecule has 2 N–H and O–H groups in total. The van der Waals surface area contributed by atoms with E-state index >= 15 is 0 Å². The summed E-state index contributed by atoms with van der Waals surface area (Å²) in [6, 6.07) is 18.7. The molecule has 0 spiro atoms. The fraction of sp³-hybridized carbons (Fsp3) is 0.0455. The molecule has 1 aliphatic heterocycles. The Balaban J connectivity index is 1.40. The van der Waals surface area contributed by atoms with Crippen LogP contribution >= 0.6 is 15.9 Å². The van der Waals surface area contributed by atoms with Gasteiger partial charge >= 0.3 is 0 Å². The molecule has 0 unspecified atom stereocenters. The molecule has 1 heterocycles. The van der Waals surface area contributed by atoms with Crippen LogP contribution in [-0.4, -0.2) is 24.3 Å². The van der Waals surface area contributed by atoms with E-state index in [2.05, 4.69) is 26.6 Å². The van der Waals surface area contributed by atoms with Gasteiger partial charge in [-0.3, -0.25) is 19.7 Å². The Bertz CT molecular complexity index is 1160. The number of carbonyl (C=O) groups is 3. The van der Waals surface area contributed by atoms with Crippen molar-refractivity contribution in [1.82, 2.24) is 5.32 Å². The van der Waals surface area contributed by atoms with Crippen LogP contribution in [0.4, 0.5) is 5.69 Å². The predicted octanol–water partition coefficient (Wildman–Crippen LogP) is 4.14. The Morgan fingerprint density at radius 3 is 2.50 bits per heavy atom. The second kappa shape index (κ2) is 8.38. The number of ether oxygens (including phenoxy) is 2. The first-order valence-corrected chi connectivity index (χ1v) is 9.74. The first-order valence-electron chi connectivity index (χ1n) is 8.94. The monoisotopic (exact) mass is 466 g/mol. The lowest BCUT2D eigenvalue weighted by atomic mass is 10.1. The van der Waals surface area contributed by atoms with Crippen LogP contribution in [0, 0.1) is 0 Å². The topological polar surface area (TPSA) is 93.7 Å². The number of fused-ring (bicyclic) bond motifs is 1. The van der Waals surface area contributed by atoms with E-state index in [4.69, 9.17) is 9.47 Å². The summed E-state index contributed by atoms with van der Waals surface area (Å²) < 4.78 is 12.0. The van der Waals surface area contributed by atoms with E-state index in [1.807, 2.05) is 18.2 Å². The molecule has 0 atom stereocenters. The molecule has 0 saturated carbocycles. The fourth-order valence-electron chi connectivity index (χ4n) is 2.89. The molecule has 3 aromatic rings. The Kier molecular flexibility index (Phi) is 5.49. The van der Waals surface area contributed by atoms with E-state index in [1.54, 1.807) is 36.4 Å². The number of para-hydroxylation sites is 1.